The highest BCUT2D eigenvalue weighted by Gasteiger charge is 2.19. The number of carbonyl (C=O) groups is 1. The van der Waals surface area contributed by atoms with Gasteiger partial charge in [0.15, 0.2) is 3.95 Å². The van der Waals surface area contributed by atoms with Crippen molar-refractivity contribution in [3.8, 4) is 11.6 Å². The summed E-state index contributed by atoms with van der Waals surface area (Å²) >= 11 is 6.71. The number of hydrogen-bond donors (Lipinski definition) is 1. The monoisotopic (exact) mass is 394 g/mol. The zero-order valence-electron chi connectivity index (χ0n) is 14.2. The molecule has 0 unspecified atom stereocenters. The van der Waals surface area contributed by atoms with E-state index in [-0.39, 0.29) is 5.88 Å². The lowest BCUT2D eigenvalue weighted by atomic mass is 10.1. The van der Waals surface area contributed by atoms with Crippen LogP contribution < -0.4 is 0 Å². The number of rotatable bonds is 3. The van der Waals surface area contributed by atoms with Crippen LogP contribution in [0, 0.1) is 3.95 Å². The van der Waals surface area contributed by atoms with Crippen LogP contribution >= 0.6 is 23.6 Å². The van der Waals surface area contributed by atoms with Crippen molar-refractivity contribution in [3.05, 3.63) is 68.5 Å². The third-order valence-corrected chi connectivity index (χ3v) is 5.52. The van der Waals surface area contributed by atoms with Crippen molar-refractivity contribution in [2.24, 2.45) is 4.99 Å². The summed E-state index contributed by atoms with van der Waals surface area (Å²) in [5.41, 5.74) is 3.59. The van der Waals surface area contributed by atoms with E-state index in [0.717, 1.165) is 16.8 Å². The highest BCUT2D eigenvalue weighted by Crippen LogP contribution is 2.37. The molecule has 134 valence electrons. The number of hydrogen-bond acceptors (Lipinski definition) is 6. The molecule has 1 aliphatic heterocycles. The molecule has 0 aliphatic carbocycles. The molecule has 1 aliphatic rings. The molecule has 3 aromatic rings. The summed E-state index contributed by atoms with van der Waals surface area (Å²) in [5.74, 6) is -0.513. The van der Waals surface area contributed by atoms with Gasteiger partial charge in [0.25, 0.3) is 0 Å². The van der Waals surface area contributed by atoms with E-state index in [1.165, 1.54) is 23.0 Å². The van der Waals surface area contributed by atoms with Crippen LogP contribution in [0.15, 0.2) is 53.5 Å². The van der Waals surface area contributed by atoms with E-state index in [2.05, 4.69) is 4.99 Å². The van der Waals surface area contributed by atoms with Gasteiger partial charge in [-0.3, -0.25) is 9.56 Å². The number of aliphatic imine (C=N–C) groups is 1. The third kappa shape index (κ3) is 3.01. The fourth-order valence-electron chi connectivity index (χ4n) is 2.93. The number of esters is 1. The van der Waals surface area contributed by atoms with Gasteiger partial charge in [-0.2, -0.15) is 0 Å². The van der Waals surface area contributed by atoms with E-state index in [0.29, 0.717) is 20.1 Å². The zero-order valence-corrected chi connectivity index (χ0v) is 15.9. The predicted molar refractivity (Wildman–Crippen MR) is 110 cm³/mol. The largest absolute Gasteiger partial charge is 0.493 e. The normalized spacial score (nSPS) is 13.7. The molecule has 2 heterocycles. The molecule has 2 aromatic carbocycles. The fourth-order valence-corrected chi connectivity index (χ4v) is 4.22. The summed E-state index contributed by atoms with van der Waals surface area (Å²) in [6, 6.07) is 14.7. The number of thiazole rings is 1. The summed E-state index contributed by atoms with van der Waals surface area (Å²) in [6.07, 6.45) is 3.61. The fraction of sp³-hybridized carbons (Fsp3) is 0.0500. The van der Waals surface area contributed by atoms with Gasteiger partial charge >= 0.3 is 5.97 Å². The Hall–Kier alpha value is -3.03. The van der Waals surface area contributed by atoms with E-state index in [4.69, 9.17) is 17.0 Å². The van der Waals surface area contributed by atoms with Gasteiger partial charge in [0.2, 0.25) is 5.88 Å². The molecule has 1 N–H and O–H groups in total. The van der Waals surface area contributed by atoms with Crippen molar-refractivity contribution in [1.29, 1.82) is 0 Å². The average Bonchev–Trinajstić information content (AvgIpc) is 3.22. The number of aromatic nitrogens is 1. The lowest BCUT2D eigenvalue weighted by Crippen LogP contribution is -2.07. The molecule has 0 amide bonds. The Morgan fingerprint density at radius 3 is 2.78 bits per heavy atom. The summed E-state index contributed by atoms with van der Waals surface area (Å²) in [7, 11) is 1.32. The molecule has 0 radical (unpaired) electrons. The van der Waals surface area contributed by atoms with Gasteiger partial charge in [0, 0.05) is 17.4 Å². The smallest absolute Gasteiger partial charge is 0.339 e. The Bertz CT molecular complexity index is 1170. The Labute approximate surface area is 164 Å². The predicted octanol–water partition coefficient (Wildman–Crippen LogP) is 5.02. The first kappa shape index (κ1) is 17.4. The van der Waals surface area contributed by atoms with Crippen molar-refractivity contribution in [1.82, 2.24) is 4.57 Å². The maximum absolute atomic E-state index is 12.1. The minimum Gasteiger partial charge on any atom is -0.493 e. The number of fused-ring (bicyclic) bond motifs is 1. The third-order valence-electron chi connectivity index (χ3n) is 4.21. The van der Waals surface area contributed by atoms with Crippen LogP contribution in [0.25, 0.3) is 17.3 Å². The van der Waals surface area contributed by atoms with Crippen molar-refractivity contribution >= 4 is 53.1 Å². The highest BCUT2D eigenvalue weighted by molar-refractivity contribution is 7.73. The van der Waals surface area contributed by atoms with Crippen LogP contribution in [0.2, 0.25) is 0 Å². The van der Waals surface area contributed by atoms with E-state index >= 15 is 0 Å². The quantitative estimate of drug-likeness (QED) is 0.501. The molecule has 0 atom stereocenters. The van der Waals surface area contributed by atoms with Crippen LogP contribution in [-0.4, -0.2) is 29.0 Å². The minimum atomic E-state index is -0.491. The van der Waals surface area contributed by atoms with Crippen LogP contribution in [0.4, 0.5) is 5.69 Å². The van der Waals surface area contributed by atoms with Gasteiger partial charge in [-0.15, -0.1) is 11.3 Å². The molecular formula is C20H14N2O3S2. The molecule has 7 heteroatoms. The first-order valence-electron chi connectivity index (χ1n) is 8.08. The molecule has 0 bridgehead atoms. The topological polar surface area (TPSA) is 63.8 Å². The van der Waals surface area contributed by atoms with Gasteiger partial charge in [0.1, 0.15) is 0 Å². The molecule has 0 fully saturated rings. The summed E-state index contributed by atoms with van der Waals surface area (Å²) in [6.45, 7) is 0. The van der Waals surface area contributed by atoms with Crippen LogP contribution in [0.3, 0.4) is 0 Å². The number of ether oxygens (including phenoxy) is 1. The van der Waals surface area contributed by atoms with Gasteiger partial charge in [-0.1, -0.05) is 30.3 Å². The van der Waals surface area contributed by atoms with Gasteiger partial charge in [-0.25, -0.2) is 4.79 Å². The lowest BCUT2D eigenvalue weighted by molar-refractivity contribution is 0.0600. The number of aromatic hydroxyl groups is 1. The van der Waals surface area contributed by atoms with Crippen molar-refractivity contribution < 1.29 is 14.6 Å². The van der Waals surface area contributed by atoms with Crippen LogP contribution in [-0.2, 0) is 4.74 Å². The van der Waals surface area contributed by atoms with E-state index in [9.17, 15) is 9.90 Å². The Morgan fingerprint density at radius 2 is 1.96 bits per heavy atom. The summed E-state index contributed by atoms with van der Waals surface area (Å²) < 4.78 is 6.75. The maximum atomic E-state index is 12.1. The Kier molecular flexibility index (Phi) is 4.47. The van der Waals surface area contributed by atoms with Crippen molar-refractivity contribution in [2.75, 3.05) is 7.11 Å². The molecule has 0 spiro atoms. The van der Waals surface area contributed by atoms with Gasteiger partial charge in [-0.05, 0) is 36.5 Å². The Morgan fingerprint density at radius 1 is 1.22 bits per heavy atom. The standard InChI is InChI=1S/C20H14N2O3S2/c1-25-19(24)14-7-3-5-9-16(14)22-18(23)17(27-20(22)26)10-12-11-21-15-8-4-2-6-13(12)15/h2-11,23H,1H3/b12-10+. The van der Waals surface area contributed by atoms with E-state index in [1.54, 1.807) is 30.5 Å². The number of carbonyl (C=O) groups excluding carboxylic acids is 1. The molecule has 5 nitrogen and oxygen atoms in total. The number of nitrogens with zero attached hydrogens (tertiary/aromatic N) is 2. The number of benzene rings is 2. The van der Waals surface area contributed by atoms with Gasteiger partial charge < -0.3 is 9.84 Å². The second-order valence-corrected chi connectivity index (χ2v) is 7.45. The van der Waals surface area contributed by atoms with E-state index < -0.39 is 5.97 Å². The molecule has 0 saturated heterocycles. The number of para-hydroxylation sites is 2. The van der Waals surface area contributed by atoms with Crippen LogP contribution in [0.5, 0.6) is 5.88 Å². The molecule has 4 rings (SSSR count). The lowest BCUT2D eigenvalue weighted by Gasteiger charge is -2.09. The number of allylic oxidation sites excluding steroid dienone is 1. The SMILES string of the molecule is COC(=O)c1ccccc1-n1c(O)c(/C=C2\C=Nc3ccccc32)sc1=S. The van der Waals surface area contributed by atoms with Crippen molar-refractivity contribution in [3.63, 3.8) is 0 Å². The van der Waals surface area contributed by atoms with Crippen LogP contribution in [0.1, 0.15) is 20.8 Å². The van der Waals surface area contributed by atoms with Gasteiger partial charge in [0.05, 0.1) is 28.9 Å². The zero-order chi connectivity index (χ0) is 19.0. The first-order valence-corrected chi connectivity index (χ1v) is 9.30. The van der Waals surface area contributed by atoms with Crippen molar-refractivity contribution in [2.45, 2.75) is 0 Å². The average molecular weight is 394 g/mol. The molecular weight excluding hydrogens is 380 g/mol. The summed E-state index contributed by atoms with van der Waals surface area (Å²) in [5, 5.41) is 10.8. The Balaban J connectivity index is 1.84. The summed E-state index contributed by atoms with van der Waals surface area (Å²) in [4.78, 5) is 17.0. The second-order valence-electron chi connectivity index (χ2n) is 5.77. The molecule has 27 heavy (non-hydrogen) atoms. The number of methoxy groups -OCH3 is 1. The second kappa shape index (κ2) is 6.94. The van der Waals surface area contributed by atoms with E-state index in [1.807, 2.05) is 30.3 Å². The molecule has 0 saturated carbocycles. The minimum absolute atomic E-state index is 0.0216. The highest BCUT2D eigenvalue weighted by atomic mass is 32.1. The molecule has 1 aromatic heterocycles. The first-order chi connectivity index (χ1) is 13.1. The maximum Gasteiger partial charge on any atom is 0.339 e.